The molecule has 6 heteroatoms. The molecule has 2 aromatic rings. The molecule has 0 radical (unpaired) electrons. The molecule has 4 nitrogen and oxygen atoms in total. The first-order valence-electron chi connectivity index (χ1n) is 6.09. The summed E-state index contributed by atoms with van der Waals surface area (Å²) in [6, 6.07) is 3.64. The van der Waals surface area contributed by atoms with Crippen LogP contribution in [-0.2, 0) is 6.54 Å². The van der Waals surface area contributed by atoms with Gasteiger partial charge in [0.1, 0.15) is 5.82 Å². The Morgan fingerprint density at radius 1 is 1.42 bits per heavy atom. The van der Waals surface area contributed by atoms with Gasteiger partial charge in [0.05, 0.1) is 17.3 Å². The first-order valence-corrected chi connectivity index (χ1v) is 7.28. The van der Waals surface area contributed by atoms with Crippen molar-refractivity contribution < 1.29 is 0 Å². The molecule has 19 heavy (non-hydrogen) atoms. The van der Waals surface area contributed by atoms with E-state index in [1.54, 1.807) is 4.57 Å². The lowest BCUT2D eigenvalue weighted by molar-refractivity contribution is 0.733. The molecule has 2 rings (SSSR count). The van der Waals surface area contributed by atoms with E-state index in [0.717, 1.165) is 22.9 Å². The molecule has 0 fully saturated rings. The SMILES string of the molecule is CCNc1ccc(Cl)c(Cn2c(C)c(C)sc2=O)n1. The molecule has 0 aliphatic carbocycles. The van der Waals surface area contributed by atoms with Crippen LogP contribution in [0.3, 0.4) is 0 Å². The number of nitrogens with one attached hydrogen (secondary N) is 1. The maximum atomic E-state index is 11.9. The second-order valence-electron chi connectivity index (χ2n) is 4.25. The van der Waals surface area contributed by atoms with Crippen LogP contribution in [0.2, 0.25) is 5.02 Å². The zero-order chi connectivity index (χ0) is 14.0. The fraction of sp³-hybridized carbons (Fsp3) is 0.385. The Morgan fingerprint density at radius 2 is 2.16 bits per heavy atom. The number of halogens is 1. The van der Waals surface area contributed by atoms with Crippen molar-refractivity contribution >= 4 is 28.8 Å². The minimum absolute atomic E-state index is 0.0294. The number of aryl methyl sites for hydroxylation is 1. The summed E-state index contributed by atoms with van der Waals surface area (Å²) >= 11 is 7.41. The molecule has 0 bridgehead atoms. The number of anilines is 1. The number of nitrogens with zero attached hydrogens (tertiary/aromatic N) is 2. The maximum Gasteiger partial charge on any atom is 0.307 e. The Kier molecular flexibility index (Phi) is 4.27. The van der Waals surface area contributed by atoms with Crippen LogP contribution in [0.15, 0.2) is 16.9 Å². The maximum absolute atomic E-state index is 11.9. The van der Waals surface area contributed by atoms with Crippen molar-refractivity contribution in [3.63, 3.8) is 0 Å². The minimum atomic E-state index is 0.0294. The first-order chi connectivity index (χ1) is 9.02. The van der Waals surface area contributed by atoms with Gasteiger partial charge < -0.3 is 5.32 Å². The fourth-order valence-corrected chi connectivity index (χ4v) is 2.79. The van der Waals surface area contributed by atoms with Crippen molar-refractivity contribution in [2.24, 2.45) is 0 Å². The molecule has 0 saturated heterocycles. The summed E-state index contributed by atoms with van der Waals surface area (Å²) in [4.78, 5) is 17.4. The number of aromatic nitrogens is 2. The van der Waals surface area contributed by atoms with Crippen LogP contribution in [0.1, 0.15) is 23.2 Å². The molecule has 0 aliphatic heterocycles. The summed E-state index contributed by atoms with van der Waals surface area (Å²) in [6.45, 7) is 7.10. The fourth-order valence-electron chi connectivity index (χ4n) is 1.79. The lowest BCUT2D eigenvalue weighted by Crippen LogP contribution is -2.17. The van der Waals surface area contributed by atoms with E-state index in [-0.39, 0.29) is 4.87 Å². The normalized spacial score (nSPS) is 10.7. The van der Waals surface area contributed by atoms with E-state index in [2.05, 4.69) is 10.3 Å². The average Bonchev–Trinajstić information content (AvgIpc) is 2.60. The zero-order valence-electron chi connectivity index (χ0n) is 11.2. The number of thiazole rings is 1. The highest BCUT2D eigenvalue weighted by Gasteiger charge is 2.11. The van der Waals surface area contributed by atoms with Crippen LogP contribution in [-0.4, -0.2) is 16.1 Å². The quantitative estimate of drug-likeness (QED) is 0.943. The lowest BCUT2D eigenvalue weighted by atomic mass is 10.3. The van der Waals surface area contributed by atoms with Crippen molar-refractivity contribution in [2.75, 3.05) is 11.9 Å². The molecule has 0 aromatic carbocycles. The van der Waals surface area contributed by atoms with Gasteiger partial charge in [0, 0.05) is 17.1 Å². The summed E-state index contributed by atoms with van der Waals surface area (Å²) < 4.78 is 1.71. The molecule has 0 saturated carbocycles. The van der Waals surface area contributed by atoms with Gasteiger partial charge in [0.25, 0.3) is 0 Å². The van der Waals surface area contributed by atoms with E-state index in [4.69, 9.17) is 11.6 Å². The summed E-state index contributed by atoms with van der Waals surface area (Å²) in [5, 5.41) is 3.72. The average molecular weight is 298 g/mol. The molecule has 0 atom stereocenters. The predicted molar refractivity (Wildman–Crippen MR) is 80.6 cm³/mol. The van der Waals surface area contributed by atoms with E-state index in [1.165, 1.54) is 11.3 Å². The van der Waals surface area contributed by atoms with Crippen LogP contribution in [0.4, 0.5) is 5.82 Å². The van der Waals surface area contributed by atoms with Crippen molar-refractivity contribution in [1.29, 1.82) is 0 Å². The Balaban J connectivity index is 2.37. The molecule has 0 aliphatic rings. The van der Waals surface area contributed by atoms with Gasteiger partial charge in [-0.25, -0.2) is 4.98 Å². The Labute approximate surface area is 121 Å². The van der Waals surface area contributed by atoms with Gasteiger partial charge in [-0.05, 0) is 32.9 Å². The van der Waals surface area contributed by atoms with Crippen molar-refractivity contribution in [3.05, 3.63) is 43.1 Å². The summed E-state index contributed by atoms with van der Waals surface area (Å²) in [6.07, 6.45) is 0. The highest BCUT2D eigenvalue weighted by Crippen LogP contribution is 2.19. The summed E-state index contributed by atoms with van der Waals surface area (Å²) in [5.41, 5.74) is 1.69. The third-order valence-corrected chi connectivity index (χ3v) is 4.30. The molecular formula is C13H16ClN3OS. The number of hydrogen-bond donors (Lipinski definition) is 1. The van der Waals surface area contributed by atoms with E-state index >= 15 is 0 Å². The van der Waals surface area contributed by atoms with Crippen LogP contribution < -0.4 is 10.2 Å². The molecule has 0 spiro atoms. The van der Waals surface area contributed by atoms with Crippen LogP contribution in [0.5, 0.6) is 0 Å². The molecule has 2 aromatic heterocycles. The third-order valence-electron chi connectivity index (χ3n) is 2.96. The van der Waals surface area contributed by atoms with Gasteiger partial charge in [0.2, 0.25) is 0 Å². The van der Waals surface area contributed by atoms with Crippen LogP contribution >= 0.6 is 22.9 Å². The molecule has 2 heterocycles. The molecule has 0 unspecified atom stereocenters. The number of pyridine rings is 1. The predicted octanol–water partition coefficient (Wildman–Crippen LogP) is 3.06. The van der Waals surface area contributed by atoms with E-state index in [1.807, 2.05) is 32.9 Å². The van der Waals surface area contributed by atoms with Crippen LogP contribution in [0, 0.1) is 13.8 Å². The first kappa shape index (κ1) is 14.1. The Morgan fingerprint density at radius 3 is 2.74 bits per heavy atom. The standard InChI is InChI=1S/C13H16ClN3OS/c1-4-15-12-6-5-10(14)11(16-12)7-17-8(2)9(3)19-13(17)18/h5-6H,4,7H2,1-3H3,(H,15,16). The van der Waals surface area contributed by atoms with Gasteiger partial charge in [0.15, 0.2) is 0 Å². The Bertz CT molecular complexity index is 648. The minimum Gasteiger partial charge on any atom is -0.370 e. The zero-order valence-corrected chi connectivity index (χ0v) is 12.7. The topological polar surface area (TPSA) is 46.9 Å². The van der Waals surface area contributed by atoms with Gasteiger partial charge in [-0.15, -0.1) is 0 Å². The van der Waals surface area contributed by atoms with E-state index in [9.17, 15) is 4.79 Å². The number of hydrogen-bond acceptors (Lipinski definition) is 4. The highest BCUT2D eigenvalue weighted by molar-refractivity contribution is 7.09. The second-order valence-corrected chi connectivity index (χ2v) is 5.82. The molecule has 1 N–H and O–H groups in total. The van der Waals surface area contributed by atoms with Crippen LogP contribution in [0.25, 0.3) is 0 Å². The monoisotopic (exact) mass is 297 g/mol. The summed E-state index contributed by atoms with van der Waals surface area (Å²) in [7, 11) is 0. The smallest absolute Gasteiger partial charge is 0.307 e. The van der Waals surface area contributed by atoms with Gasteiger partial charge in [-0.3, -0.25) is 9.36 Å². The highest BCUT2D eigenvalue weighted by atomic mass is 35.5. The second kappa shape index (κ2) is 5.75. The van der Waals surface area contributed by atoms with Crippen molar-refractivity contribution in [1.82, 2.24) is 9.55 Å². The van der Waals surface area contributed by atoms with Crippen molar-refractivity contribution in [3.8, 4) is 0 Å². The number of rotatable bonds is 4. The Hall–Kier alpha value is -1.33. The lowest BCUT2D eigenvalue weighted by Gasteiger charge is -2.09. The van der Waals surface area contributed by atoms with Gasteiger partial charge in [-0.1, -0.05) is 22.9 Å². The van der Waals surface area contributed by atoms with Crippen molar-refractivity contribution in [2.45, 2.75) is 27.3 Å². The van der Waals surface area contributed by atoms with E-state index in [0.29, 0.717) is 17.3 Å². The summed E-state index contributed by atoms with van der Waals surface area (Å²) in [5.74, 6) is 0.777. The van der Waals surface area contributed by atoms with Gasteiger partial charge in [-0.2, -0.15) is 0 Å². The molecule has 102 valence electrons. The third kappa shape index (κ3) is 2.98. The molecular weight excluding hydrogens is 282 g/mol. The molecule has 0 amide bonds. The largest absolute Gasteiger partial charge is 0.370 e. The van der Waals surface area contributed by atoms with Gasteiger partial charge >= 0.3 is 4.87 Å². The van der Waals surface area contributed by atoms with E-state index < -0.39 is 0 Å².